The molecule has 0 amide bonds. The van der Waals surface area contributed by atoms with Crippen molar-refractivity contribution in [2.45, 2.75) is 51.4 Å². The first kappa shape index (κ1) is 22.3. The van der Waals surface area contributed by atoms with E-state index < -0.39 is 5.82 Å². The smallest absolute Gasteiger partial charge is 0.168 e. The quantitative estimate of drug-likeness (QED) is 0.497. The molecular formula is C25H30F2O3. The molecule has 1 aliphatic carbocycles. The molecule has 0 fully saturated rings. The fraction of sp³-hybridized carbons (Fsp3) is 0.440. The van der Waals surface area contributed by atoms with Gasteiger partial charge in [-0.2, -0.15) is 0 Å². The van der Waals surface area contributed by atoms with Crippen LogP contribution in [0.5, 0.6) is 11.5 Å². The second-order valence-electron chi connectivity index (χ2n) is 7.66. The average Bonchev–Trinajstić information content (AvgIpc) is 2.94. The summed E-state index contributed by atoms with van der Waals surface area (Å²) in [7, 11) is 2.94. The lowest BCUT2D eigenvalue weighted by atomic mass is 9.88. The van der Waals surface area contributed by atoms with E-state index in [4.69, 9.17) is 14.6 Å². The number of rotatable bonds is 9. The van der Waals surface area contributed by atoms with Gasteiger partial charge < -0.3 is 14.6 Å². The molecular weight excluding hydrogens is 386 g/mol. The molecule has 0 heterocycles. The normalized spacial score (nSPS) is 13.8. The Balaban J connectivity index is 2.07. The molecule has 1 N–H and O–H groups in total. The highest BCUT2D eigenvalue weighted by molar-refractivity contribution is 5.92. The molecule has 0 aliphatic heterocycles. The summed E-state index contributed by atoms with van der Waals surface area (Å²) in [5, 5.41) is 9.02. The van der Waals surface area contributed by atoms with E-state index >= 15 is 4.39 Å². The van der Waals surface area contributed by atoms with Crippen molar-refractivity contribution in [3.63, 3.8) is 0 Å². The third-order valence-electron chi connectivity index (χ3n) is 5.81. The number of hydrogen-bond acceptors (Lipinski definition) is 3. The second kappa shape index (κ2) is 10.6. The molecule has 0 radical (unpaired) electrons. The number of halogens is 2. The summed E-state index contributed by atoms with van der Waals surface area (Å²) in [5.41, 5.74) is 4.78. The lowest BCUT2D eigenvalue weighted by molar-refractivity contribution is 0.282. The maximum Gasteiger partial charge on any atom is 0.168 e. The molecule has 3 rings (SSSR count). The Morgan fingerprint density at radius 1 is 0.900 bits per heavy atom. The van der Waals surface area contributed by atoms with Gasteiger partial charge in [-0.25, -0.2) is 8.78 Å². The number of aliphatic hydroxyl groups is 1. The van der Waals surface area contributed by atoms with Crippen LogP contribution in [0.15, 0.2) is 30.3 Å². The molecule has 30 heavy (non-hydrogen) atoms. The van der Waals surface area contributed by atoms with E-state index in [0.29, 0.717) is 12.0 Å². The minimum absolute atomic E-state index is 0.206. The van der Waals surface area contributed by atoms with E-state index in [0.717, 1.165) is 67.2 Å². The molecule has 162 valence electrons. The molecule has 2 aromatic carbocycles. The van der Waals surface area contributed by atoms with Crippen molar-refractivity contribution in [2.24, 2.45) is 0 Å². The number of fused-ring (bicyclic) bond motifs is 1. The van der Waals surface area contributed by atoms with Crippen molar-refractivity contribution < 1.29 is 23.4 Å². The first-order valence-corrected chi connectivity index (χ1v) is 10.6. The predicted molar refractivity (Wildman–Crippen MR) is 116 cm³/mol. The average molecular weight is 417 g/mol. The zero-order valence-electron chi connectivity index (χ0n) is 17.8. The summed E-state index contributed by atoms with van der Waals surface area (Å²) in [4.78, 5) is 0. The molecule has 0 bridgehead atoms. The number of hydrogen-bond donors (Lipinski definition) is 1. The molecule has 1 aliphatic rings. The van der Waals surface area contributed by atoms with E-state index in [2.05, 4.69) is 0 Å². The number of methoxy groups -OCH3 is 2. The van der Waals surface area contributed by atoms with Crippen LogP contribution < -0.4 is 9.47 Å². The number of ether oxygens (including phenoxy) is 2. The molecule has 0 spiro atoms. The molecule has 0 atom stereocenters. The SMILES string of the molecule is COc1cc(C2=C(CCCCCCO)c3ccc(OC)c(F)c3CCC2)ccc1F. The fourth-order valence-corrected chi connectivity index (χ4v) is 4.26. The van der Waals surface area contributed by atoms with Gasteiger partial charge in [-0.15, -0.1) is 0 Å². The molecule has 5 heteroatoms. The number of unbranched alkanes of at least 4 members (excludes halogenated alkanes) is 3. The monoisotopic (exact) mass is 416 g/mol. The Kier molecular flexibility index (Phi) is 7.86. The molecule has 0 saturated heterocycles. The summed E-state index contributed by atoms with van der Waals surface area (Å²) in [5.74, 6) is -0.196. The number of aliphatic hydroxyl groups excluding tert-OH is 1. The minimum Gasteiger partial charge on any atom is -0.494 e. The zero-order chi connectivity index (χ0) is 21.5. The predicted octanol–water partition coefficient (Wildman–Crippen LogP) is 6.17. The van der Waals surface area contributed by atoms with Crippen molar-refractivity contribution in [1.29, 1.82) is 0 Å². The van der Waals surface area contributed by atoms with Gasteiger partial charge in [0.05, 0.1) is 14.2 Å². The fourth-order valence-electron chi connectivity index (χ4n) is 4.26. The van der Waals surface area contributed by atoms with Crippen molar-refractivity contribution in [3.8, 4) is 11.5 Å². The van der Waals surface area contributed by atoms with Gasteiger partial charge >= 0.3 is 0 Å². The van der Waals surface area contributed by atoms with Crippen LogP contribution in [0.2, 0.25) is 0 Å². The first-order valence-electron chi connectivity index (χ1n) is 10.6. The van der Waals surface area contributed by atoms with Crippen LogP contribution in [0.3, 0.4) is 0 Å². The van der Waals surface area contributed by atoms with Gasteiger partial charge in [-0.3, -0.25) is 0 Å². The number of allylic oxidation sites excluding steroid dienone is 2. The Bertz CT molecular complexity index is 906. The standard InChI is InChI=1S/C25H30F2O3/c1-29-23-14-12-20-19(8-5-3-4-6-15-28)18(9-7-10-21(20)25(23)27)17-11-13-22(26)24(16-17)30-2/h11-14,16,28H,3-10,15H2,1-2H3. The maximum atomic E-state index is 15.1. The van der Waals surface area contributed by atoms with E-state index in [1.807, 2.05) is 6.07 Å². The van der Waals surface area contributed by atoms with Gasteiger partial charge in [0, 0.05) is 6.61 Å². The third kappa shape index (κ3) is 4.84. The van der Waals surface area contributed by atoms with Gasteiger partial charge in [0.1, 0.15) is 0 Å². The summed E-state index contributed by atoms with van der Waals surface area (Å²) in [6.07, 6.45) is 6.74. The lowest BCUT2D eigenvalue weighted by Crippen LogP contribution is -2.00. The van der Waals surface area contributed by atoms with Gasteiger partial charge in [0.2, 0.25) is 0 Å². The van der Waals surface area contributed by atoms with Gasteiger partial charge in [0.15, 0.2) is 23.1 Å². The van der Waals surface area contributed by atoms with Crippen LogP contribution >= 0.6 is 0 Å². The van der Waals surface area contributed by atoms with E-state index in [-0.39, 0.29) is 23.9 Å². The Morgan fingerprint density at radius 3 is 2.40 bits per heavy atom. The summed E-state index contributed by atoms with van der Waals surface area (Å²) < 4.78 is 39.4. The Morgan fingerprint density at radius 2 is 1.67 bits per heavy atom. The summed E-state index contributed by atoms with van der Waals surface area (Å²) >= 11 is 0. The van der Waals surface area contributed by atoms with Gasteiger partial charge in [0.25, 0.3) is 0 Å². The van der Waals surface area contributed by atoms with E-state index in [1.165, 1.54) is 20.3 Å². The Hall–Kier alpha value is -2.40. The second-order valence-corrected chi connectivity index (χ2v) is 7.66. The first-order chi connectivity index (χ1) is 14.6. The Labute approximate surface area is 177 Å². The highest BCUT2D eigenvalue weighted by Crippen LogP contribution is 2.41. The minimum atomic E-state index is -0.391. The molecule has 0 unspecified atom stereocenters. The summed E-state index contributed by atoms with van der Waals surface area (Å²) in [6.45, 7) is 0.206. The van der Waals surface area contributed by atoms with Crippen LogP contribution in [-0.2, 0) is 6.42 Å². The number of benzene rings is 2. The van der Waals surface area contributed by atoms with Crippen LogP contribution in [0, 0.1) is 11.6 Å². The van der Waals surface area contributed by atoms with Crippen LogP contribution in [0.1, 0.15) is 61.6 Å². The maximum absolute atomic E-state index is 15.1. The van der Waals surface area contributed by atoms with Crippen LogP contribution in [-0.4, -0.2) is 25.9 Å². The van der Waals surface area contributed by atoms with Crippen LogP contribution in [0.4, 0.5) is 8.78 Å². The highest BCUT2D eigenvalue weighted by atomic mass is 19.1. The van der Waals surface area contributed by atoms with E-state index in [9.17, 15) is 4.39 Å². The molecule has 2 aromatic rings. The van der Waals surface area contributed by atoms with Crippen molar-refractivity contribution in [1.82, 2.24) is 0 Å². The third-order valence-corrected chi connectivity index (χ3v) is 5.81. The van der Waals surface area contributed by atoms with Crippen molar-refractivity contribution >= 4 is 11.1 Å². The van der Waals surface area contributed by atoms with Crippen molar-refractivity contribution in [3.05, 3.63) is 58.7 Å². The van der Waals surface area contributed by atoms with Gasteiger partial charge in [-0.1, -0.05) is 25.0 Å². The topological polar surface area (TPSA) is 38.7 Å². The molecule has 0 aromatic heterocycles. The van der Waals surface area contributed by atoms with Gasteiger partial charge in [-0.05, 0) is 84.6 Å². The lowest BCUT2D eigenvalue weighted by Gasteiger charge is -2.18. The molecule has 0 saturated carbocycles. The molecule has 3 nitrogen and oxygen atoms in total. The summed E-state index contributed by atoms with van der Waals surface area (Å²) in [6, 6.07) is 8.59. The van der Waals surface area contributed by atoms with Crippen LogP contribution in [0.25, 0.3) is 11.1 Å². The highest BCUT2D eigenvalue weighted by Gasteiger charge is 2.23. The van der Waals surface area contributed by atoms with E-state index in [1.54, 1.807) is 18.2 Å². The van der Waals surface area contributed by atoms with Crippen molar-refractivity contribution in [2.75, 3.05) is 20.8 Å². The zero-order valence-corrected chi connectivity index (χ0v) is 17.8. The largest absolute Gasteiger partial charge is 0.494 e.